The molecule has 0 radical (unpaired) electrons. The van der Waals surface area contributed by atoms with Crippen molar-refractivity contribution in [3.63, 3.8) is 0 Å². The molecule has 0 amide bonds. The Labute approximate surface area is 124 Å². The van der Waals surface area contributed by atoms with Gasteiger partial charge in [0.05, 0.1) is 0 Å². The van der Waals surface area contributed by atoms with E-state index in [0.717, 1.165) is 32.0 Å². The average molecular weight is 278 g/mol. The lowest BCUT2D eigenvalue weighted by Gasteiger charge is -2.36. The third kappa shape index (κ3) is 2.33. The van der Waals surface area contributed by atoms with E-state index in [-0.39, 0.29) is 0 Å². The third-order valence-electron chi connectivity index (χ3n) is 4.15. The van der Waals surface area contributed by atoms with E-state index in [1.54, 1.807) is 0 Å². The van der Waals surface area contributed by atoms with Gasteiger partial charge in [-0.05, 0) is 36.4 Å². The van der Waals surface area contributed by atoms with Crippen LogP contribution in [0.4, 0.5) is 11.5 Å². The number of rotatable bonds is 2. The lowest BCUT2D eigenvalue weighted by Crippen LogP contribution is -2.46. The zero-order valence-corrected chi connectivity index (χ0v) is 11.9. The SMILES string of the molecule is c1ccc(N2CCN(c3ccc4[nH]ccc4c3)CC2)nc1. The van der Waals surface area contributed by atoms with Gasteiger partial charge in [0.1, 0.15) is 5.82 Å². The van der Waals surface area contributed by atoms with Gasteiger partial charge in [0.25, 0.3) is 0 Å². The number of hydrogen-bond donors (Lipinski definition) is 1. The van der Waals surface area contributed by atoms with Crippen molar-refractivity contribution < 1.29 is 0 Å². The molecule has 1 saturated heterocycles. The largest absolute Gasteiger partial charge is 0.368 e. The van der Waals surface area contributed by atoms with Crippen LogP contribution in [0.1, 0.15) is 0 Å². The van der Waals surface area contributed by atoms with Crippen molar-refractivity contribution in [3.05, 3.63) is 54.9 Å². The molecule has 4 heteroatoms. The van der Waals surface area contributed by atoms with Crippen molar-refractivity contribution >= 4 is 22.4 Å². The summed E-state index contributed by atoms with van der Waals surface area (Å²) in [5.74, 6) is 1.08. The number of aromatic nitrogens is 2. The third-order valence-corrected chi connectivity index (χ3v) is 4.15. The average Bonchev–Trinajstić information content (AvgIpc) is 3.03. The highest BCUT2D eigenvalue weighted by molar-refractivity contribution is 5.83. The highest BCUT2D eigenvalue weighted by atomic mass is 15.3. The lowest BCUT2D eigenvalue weighted by molar-refractivity contribution is 0.648. The summed E-state index contributed by atoms with van der Waals surface area (Å²) in [4.78, 5) is 12.5. The second-order valence-electron chi connectivity index (χ2n) is 5.41. The predicted octanol–water partition coefficient (Wildman–Crippen LogP) is 2.89. The maximum atomic E-state index is 4.44. The number of pyridine rings is 1. The van der Waals surface area contributed by atoms with E-state index in [9.17, 15) is 0 Å². The number of hydrogen-bond acceptors (Lipinski definition) is 3. The highest BCUT2D eigenvalue weighted by Crippen LogP contribution is 2.23. The fourth-order valence-electron chi connectivity index (χ4n) is 2.97. The molecule has 1 aliphatic heterocycles. The smallest absolute Gasteiger partial charge is 0.128 e. The first kappa shape index (κ1) is 12.3. The number of fused-ring (bicyclic) bond motifs is 1. The molecule has 3 heterocycles. The van der Waals surface area contributed by atoms with Crippen LogP contribution in [0, 0.1) is 0 Å². The van der Waals surface area contributed by atoms with Gasteiger partial charge in [-0.1, -0.05) is 6.07 Å². The molecule has 0 atom stereocenters. The van der Waals surface area contributed by atoms with Crippen LogP contribution >= 0.6 is 0 Å². The summed E-state index contributed by atoms with van der Waals surface area (Å²) in [5, 5.41) is 1.28. The van der Waals surface area contributed by atoms with Gasteiger partial charge in [0, 0.05) is 55.2 Å². The van der Waals surface area contributed by atoms with Gasteiger partial charge in [-0.25, -0.2) is 4.98 Å². The van der Waals surface area contributed by atoms with Crippen LogP contribution in [0.3, 0.4) is 0 Å². The molecule has 0 saturated carbocycles. The monoisotopic (exact) mass is 278 g/mol. The summed E-state index contributed by atoms with van der Waals surface area (Å²) in [6, 6.07) is 14.9. The summed E-state index contributed by atoms with van der Waals surface area (Å²) < 4.78 is 0. The summed E-state index contributed by atoms with van der Waals surface area (Å²) in [6.07, 6.45) is 3.86. The molecule has 4 nitrogen and oxygen atoms in total. The van der Waals surface area contributed by atoms with Gasteiger partial charge >= 0.3 is 0 Å². The molecular weight excluding hydrogens is 260 g/mol. The van der Waals surface area contributed by atoms with Crippen LogP contribution in [0.15, 0.2) is 54.9 Å². The van der Waals surface area contributed by atoms with Crippen LogP contribution in [0.5, 0.6) is 0 Å². The summed E-state index contributed by atoms with van der Waals surface area (Å²) in [6.45, 7) is 4.10. The first-order valence-electron chi connectivity index (χ1n) is 7.38. The Morgan fingerprint density at radius 3 is 2.57 bits per heavy atom. The summed E-state index contributed by atoms with van der Waals surface area (Å²) in [5.41, 5.74) is 2.51. The van der Waals surface area contributed by atoms with Crippen LogP contribution in [-0.4, -0.2) is 36.1 Å². The number of aromatic amines is 1. The van der Waals surface area contributed by atoms with E-state index in [2.05, 4.69) is 56.2 Å². The Kier molecular flexibility index (Phi) is 2.99. The molecule has 21 heavy (non-hydrogen) atoms. The Hall–Kier alpha value is -2.49. The maximum Gasteiger partial charge on any atom is 0.128 e. The fraction of sp³-hybridized carbons (Fsp3) is 0.235. The quantitative estimate of drug-likeness (QED) is 0.783. The van der Waals surface area contributed by atoms with E-state index in [1.165, 1.54) is 16.6 Å². The molecule has 0 spiro atoms. The molecule has 1 N–H and O–H groups in total. The van der Waals surface area contributed by atoms with Crippen molar-refractivity contribution in [1.29, 1.82) is 0 Å². The Morgan fingerprint density at radius 2 is 1.76 bits per heavy atom. The Balaban J connectivity index is 1.49. The molecule has 0 bridgehead atoms. The van der Waals surface area contributed by atoms with Crippen LogP contribution in [0.25, 0.3) is 10.9 Å². The molecule has 0 unspecified atom stereocenters. The van der Waals surface area contributed by atoms with E-state index < -0.39 is 0 Å². The second-order valence-corrected chi connectivity index (χ2v) is 5.41. The van der Waals surface area contributed by atoms with Crippen LogP contribution in [0.2, 0.25) is 0 Å². The Morgan fingerprint density at radius 1 is 0.905 bits per heavy atom. The number of benzene rings is 1. The topological polar surface area (TPSA) is 35.2 Å². The van der Waals surface area contributed by atoms with Crippen LogP contribution < -0.4 is 9.80 Å². The molecule has 106 valence electrons. The fourth-order valence-corrected chi connectivity index (χ4v) is 2.97. The van der Waals surface area contributed by atoms with Crippen molar-refractivity contribution in [2.45, 2.75) is 0 Å². The molecule has 3 aromatic rings. The highest BCUT2D eigenvalue weighted by Gasteiger charge is 2.18. The number of nitrogens with zero attached hydrogens (tertiary/aromatic N) is 3. The van der Waals surface area contributed by atoms with Gasteiger partial charge in [-0.15, -0.1) is 0 Å². The van der Waals surface area contributed by atoms with E-state index in [1.807, 2.05) is 18.5 Å². The summed E-state index contributed by atoms with van der Waals surface area (Å²) in [7, 11) is 0. The van der Waals surface area contributed by atoms with Crippen LogP contribution in [-0.2, 0) is 0 Å². The first-order valence-corrected chi connectivity index (χ1v) is 7.38. The first-order chi connectivity index (χ1) is 10.4. The minimum absolute atomic E-state index is 1.02. The van der Waals surface area contributed by atoms with Crippen molar-refractivity contribution in [3.8, 4) is 0 Å². The van der Waals surface area contributed by atoms with Crippen molar-refractivity contribution in [2.75, 3.05) is 36.0 Å². The normalized spacial score (nSPS) is 15.6. The minimum Gasteiger partial charge on any atom is -0.368 e. The van der Waals surface area contributed by atoms with E-state index in [4.69, 9.17) is 0 Å². The van der Waals surface area contributed by atoms with Crippen molar-refractivity contribution in [2.24, 2.45) is 0 Å². The number of piperazine rings is 1. The molecular formula is C17H18N4. The van der Waals surface area contributed by atoms with Gasteiger partial charge < -0.3 is 14.8 Å². The van der Waals surface area contributed by atoms with Gasteiger partial charge in [0.2, 0.25) is 0 Å². The minimum atomic E-state index is 1.02. The molecule has 1 aliphatic rings. The zero-order chi connectivity index (χ0) is 14.1. The van der Waals surface area contributed by atoms with E-state index >= 15 is 0 Å². The van der Waals surface area contributed by atoms with E-state index in [0.29, 0.717) is 0 Å². The lowest BCUT2D eigenvalue weighted by atomic mass is 10.2. The standard InChI is InChI=1S/C17H18N4/c1-2-7-19-17(3-1)21-11-9-20(10-12-21)15-4-5-16-14(13-15)6-8-18-16/h1-8,13,18H,9-12H2. The number of anilines is 2. The van der Waals surface area contributed by atoms with Gasteiger partial charge in [0.15, 0.2) is 0 Å². The summed E-state index contributed by atoms with van der Waals surface area (Å²) >= 11 is 0. The molecule has 4 rings (SSSR count). The molecule has 0 aliphatic carbocycles. The zero-order valence-electron chi connectivity index (χ0n) is 11.9. The number of H-pyrrole nitrogens is 1. The second kappa shape index (κ2) is 5.13. The number of nitrogens with one attached hydrogen (secondary N) is 1. The maximum absolute atomic E-state index is 4.44. The molecule has 2 aromatic heterocycles. The van der Waals surface area contributed by atoms with Gasteiger partial charge in [-0.2, -0.15) is 0 Å². The molecule has 1 aromatic carbocycles. The van der Waals surface area contributed by atoms with Gasteiger partial charge in [-0.3, -0.25) is 0 Å². The van der Waals surface area contributed by atoms with Crippen molar-refractivity contribution in [1.82, 2.24) is 9.97 Å². The predicted molar refractivity (Wildman–Crippen MR) is 87.0 cm³/mol. The molecule has 1 fully saturated rings. The Bertz CT molecular complexity index is 727.